The number of carbonyl (C=O) groups excluding carboxylic acids is 2. The smallest absolute Gasteiger partial charge is 0.340 e. The summed E-state index contributed by atoms with van der Waals surface area (Å²) in [6.07, 6.45) is 4.05. The van der Waals surface area contributed by atoms with E-state index in [1.165, 1.54) is 28.3 Å². The van der Waals surface area contributed by atoms with Gasteiger partial charge in [-0.2, -0.15) is 0 Å². The van der Waals surface area contributed by atoms with E-state index in [1.54, 1.807) is 48.5 Å². The normalized spacial score (nSPS) is 11.2. The van der Waals surface area contributed by atoms with Gasteiger partial charge in [0.25, 0.3) is 5.91 Å². The fraction of sp³-hybridized carbons (Fsp3) is 0.143. The number of ether oxygens (including phenoxy) is 1. The number of carbonyl (C=O) groups is 2. The fourth-order valence-corrected chi connectivity index (χ4v) is 3.96. The maximum absolute atomic E-state index is 13.1. The number of aromatic nitrogens is 1. The average Bonchev–Trinajstić information content (AvgIpc) is 3.10. The Kier molecular flexibility index (Phi) is 5.56. The summed E-state index contributed by atoms with van der Waals surface area (Å²) in [7, 11) is -2.20. The van der Waals surface area contributed by atoms with Crippen LogP contribution in [0.15, 0.2) is 67.4 Å². The zero-order valence-corrected chi connectivity index (χ0v) is 16.8. The molecule has 1 heterocycles. The highest BCUT2D eigenvalue weighted by molar-refractivity contribution is 7.92. The number of esters is 1. The fourth-order valence-electron chi connectivity index (χ4n) is 3.08. The molecule has 0 bridgehead atoms. The van der Waals surface area contributed by atoms with Crippen molar-refractivity contribution in [2.24, 2.45) is 0 Å². The quantitative estimate of drug-likeness (QED) is 0.459. The van der Waals surface area contributed by atoms with Crippen LogP contribution in [0.4, 0.5) is 5.69 Å². The van der Waals surface area contributed by atoms with Gasteiger partial charge in [-0.1, -0.05) is 24.3 Å². The van der Waals surface area contributed by atoms with Crippen LogP contribution in [0.5, 0.6) is 0 Å². The zero-order valence-electron chi connectivity index (χ0n) is 16.0. The van der Waals surface area contributed by atoms with Gasteiger partial charge < -0.3 is 4.74 Å². The third kappa shape index (κ3) is 3.93. The highest BCUT2D eigenvalue weighted by Crippen LogP contribution is 2.24. The van der Waals surface area contributed by atoms with Crippen molar-refractivity contribution in [1.29, 1.82) is 0 Å². The number of methoxy groups -OCH3 is 1. The Morgan fingerprint density at radius 3 is 2.38 bits per heavy atom. The standard InChI is InChI=1S/C21H20N2O5S/c1-4-13-23(29(3,26)27)16-11-9-15(10-12-16)20(24)22-14-18(21(25)28-2)17-7-5-6-8-19(17)22/h4-12,14H,1,13H2,2-3H3. The molecule has 29 heavy (non-hydrogen) atoms. The topological polar surface area (TPSA) is 85.7 Å². The Bertz CT molecular complexity index is 1190. The van der Waals surface area contributed by atoms with Crippen LogP contribution >= 0.6 is 0 Å². The highest BCUT2D eigenvalue weighted by Gasteiger charge is 2.20. The first-order valence-corrected chi connectivity index (χ1v) is 10.5. The molecule has 150 valence electrons. The molecule has 0 fully saturated rings. The van der Waals surface area contributed by atoms with Crippen LogP contribution in [-0.2, 0) is 14.8 Å². The summed E-state index contributed by atoms with van der Waals surface area (Å²) in [5.74, 6) is -0.881. The molecule has 0 unspecified atom stereocenters. The summed E-state index contributed by atoms with van der Waals surface area (Å²) in [6.45, 7) is 3.70. The Labute approximate surface area is 168 Å². The molecule has 0 amide bonds. The van der Waals surface area contributed by atoms with Crippen molar-refractivity contribution < 1.29 is 22.7 Å². The molecule has 7 nitrogen and oxygen atoms in total. The van der Waals surface area contributed by atoms with Crippen molar-refractivity contribution >= 4 is 38.5 Å². The minimum Gasteiger partial charge on any atom is -0.465 e. The van der Waals surface area contributed by atoms with E-state index in [2.05, 4.69) is 6.58 Å². The van der Waals surface area contributed by atoms with Crippen LogP contribution in [0, 0.1) is 0 Å². The second kappa shape index (κ2) is 7.92. The van der Waals surface area contributed by atoms with Gasteiger partial charge in [-0.05, 0) is 30.3 Å². The number of anilines is 1. The van der Waals surface area contributed by atoms with Crippen LogP contribution in [0.3, 0.4) is 0 Å². The van der Waals surface area contributed by atoms with Crippen LogP contribution in [0.2, 0.25) is 0 Å². The number of fused-ring (bicyclic) bond motifs is 1. The van der Waals surface area contributed by atoms with Crippen molar-refractivity contribution in [3.63, 3.8) is 0 Å². The average molecular weight is 412 g/mol. The predicted molar refractivity (Wildman–Crippen MR) is 112 cm³/mol. The molecular formula is C21H20N2O5S. The first-order valence-electron chi connectivity index (χ1n) is 8.69. The second-order valence-electron chi connectivity index (χ2n) is 6.36. The van der Waals surface area contributed by atoms with E-state index >= 15 is 0 Å². The number of para-hydroxylation sites is 1. The Morgan fingerprint density at radius 2 is 1.79 bits per heavy atom. The van der Waals surface area contributed by atoms with Gasteiger partial charge in [0, 0.05) is 17.1 Å². The molecule has 0 saturated heterocycles. The van der Waals surface area contributed by atoms with E-state index in [0.717, 1.165) is 6.26 Å². The molecule has 0 saturated carbocycles. The number of nitrogens with zero attached hydrogens (tertiary/aromatic N) is 2. The summed E-state index contributed by atoms with van der Waals surface area (Å²) in [5.41, 5.74) is 1.64. The summed E-state index contributed by atoms with van der Waals surface area (Å²) in [6, 6.07) is 13.2. The number of hydrogen-bond donors (Lipinski definition) is 0. The minimum atomic E-state index is -3.48. The lowest BCUT2D eigenvalue weighted by Gasteiger charge is -2.20. The van der Waals surface area contributed by atoms with E-state index in [-0.39, 0.29) is 12.5 Å². The molecule has 0 spiro atoms. The van der Waals surface area contributed by atoms with Crippen LogP contribution < -0.4 is 4.31 Å². The molecule has 0 aliphatic carbocycles. The van der Waals surface area contributed by atoms with Crippen LogP contribution in [0.1, 0.15) is 20.7 Å². The lowest BCUT2D eigenvalue weighted by molar-refractivity contribution is 0.0603. The van der Waals surface area contributed by atoms with Gasteiger partial charge in [-0.3, -0.25) is 13.7 Å². The van der Waals surface area contributed by atoms with E-state index in [4.69, 9.17) is 4.74 Å². The molecule has 2 aromatic carbocycles. The number of hydrogen-bond acceptors (Lipinski definition) is 5. The molecule has 0 aliphatic rings. The van der Waals surface area contributed by atoms with Gasteiger partial charge in [0.1, 0.15) is 0 Å². The Balaban J connectivity index is 2.02. The van der Waals surface area contributed by atoms with Gasteiger partial charge in [-0.25, -0.2) is 13.2 Å². The molecule has 0 atom stereocenters. The van der Waals surface area contributed by atoms with Crippen molar-refractivity contribution in [2.45, 2.75) is 0 Å². The monoisotopic (exact) mass is 412 g/mol. The van der Waals surface area contributed by atoms with E-state index in [0.29, 0.717) is 27.7 Å². The maximum atomic E-state index is 13.1. The van der Waals surface area contributed by atoms with Crippen LogP contribution in [-0.4, -0.2) is 44.8 Å². The first-order chi connectivity index (χ1) is 13.8. The Hall–Kier alpha value is -3.39. The van der Waals surface area contributed by atoms with Gasteiger partial charge in [0.15, 0.2) is 0 Å². The molecule has 0 radical (unpaired) electrons. The zero-order chi connectivity index (χ0) is 21.2. The molecular weight excluding hydrogens is 392 g/mol. The molecule has 1 aromatic heterocycles. The van der Waals surface area contributed by atoms with Crippen molar-refractivity contribution in [3.05, 3.63) is 78.5 Å². The summed E-state index contributed by atoms with van der Waals surface area (Å²) >= 11 is 0. The maximum Gasteiger partial charge on any atom is 0.340 e. The van der Waals surface area contributed by atoms with E-state index in [1.807, 2.05) is 0 Å². The summed E-state index contributed by atoms with van der Waals surface area (Å²) in [5, 5.41) is 0.610. The largest absolute Gasteiger partial charge is 0.465 e. The van der Waals surface area contributed by atoms with Crippen molar-refractivity contribution in [2.75, 3.05) is 24.2 Å². The van der Waals surface area contributed by atoms with Crippen molar-refractivity contribution in [3.8, 4) is 0 Å². The number of sulfonamides is 1. The summed E-state index contributed by atoms with van der Waals surface area (Å²) < 4.78 is 31.3. The molecule has 8 heteroatoms. The van der Waals surface area contributed by atoms with E-state index in [9.17, 15) is 18.0 Å². The lowest BCUT2D eigenvalue weighted by Crippen LogP contribution is -2.29. The van der Waals surface area contributed by atoms with Gasteiger partial charge in [0.05, 0.1) is 36.7 Å². The molecule has 3 aromatic rings. The number of rotatable bonds is 6. The number of benzene rings is 2. The SMILES string of the molecule is C=CCN(c1ccc(C(=O)n2cc(C(=O)OC)c3ccccc32)cc1)S(C)(=O)=O. The lowest BCUT2D eigenvalue weighted by atomic mass is 10.1. The second-order valence-corrected chi connectivity index (χ2v) is 8.26. The van der Waals surface area contributed by atoms with Gasteiger partial charge in [-0.15, -0.1) is 6.58 Å². The van der Waals surface area contributed by atoms with Gasteiger partial charge in [0.2, 0.25) is 10.0 Å². The molecule has 0 N–H and O–H groups in total. The molecule has 3 rings (SSSR count). The van der Waals surface area contributed by atoms with Gasteiger partial charge >= 0.3 is 5.97 Å². The predicted octanol–water partition coefficient (Wildman–Crippen LogP) is 3.07. The molecule has 0 aliphatic heterocycles. The van der Waals surface area contributed by atoms with E-state index < -0.39 is 16.0 Å². The van der Waals surface area contributed by atoms with Crippen LogP contribution in [0.25, 0.3) is 10.9 Å². The highest BCUT2D eigenvalue weighted by atomic mass is 32.2. The van der Waals surface area contributed by atoms with Crippen molar-refractivity contribution in [1.82, 2.24) is 4.57 Å². The summed E-state index contributed by atoms with van der Waals surface area (Å²) in [4.78, 5) is 25.1. The Morgan fingerprint density at radius 1 is 1.14 bits per heavy atom. The third-order valence-corrected chi connectivity index (χ3v) is 5.59. The third-order valence-electron chi connectivity index (χ3n) is 4.43. The minimum absolute atomic E-state index is 0.122. The first kappa shape index (κ1) is 20.3.